The Kier molecular flexibility index (Phi) is 7.29. The molecular formula is C29H27F3N6O2. The molecule has 2 aromatic carbocycles. The van der Waals surface area contributed by atoms with Crippen LogP contribution in [0, 0.1) is 0 Å². The number of benzene rings is 2. The third-order valence-electron chi connectivity index (χ3n) is 6.47. The van der Waals surface area contributed by atoms with Gasteiger partial charge in [0.25, 0.3) is 5.91 Å². The quantitative estimate of drug-likeness (QED) is 0.237. The fraction of sp³-hybridized carbons (Fsp3) is 0.241. The van der Waals surface area contributed by atoms with E-state index >= 15 is 0 Å². The zero-order valence-electron chi connectivity index (χ0n) is 22.1. The second kappa shape index (κ2) is 10.8. The summed E-state index contributed by atoms with van der Waals surface area (Å²) in [6.07, 6.45) is 0.260. The number of alkyl halides is 3. The maximum Gasteiger partial charge on any atom is 0.433 e. The van der Waals surface area contributed by atoms with E-state index in [1.165, 1.54) is 16.4 Å². The molecule has 206 valence electrons. The number of halogens is 3. The van der Waals surface area contributed by atoms with Gasteiger partial charge in [-0.1, -0.05) is 57.2 Å². The number of amides is 1. The van der Waals surface area contributed by atoms with E-state index in [-0.39, 0.29) is 29.6 Å². The van der Waals surface area contributed by atoms with Gasteiger partial charge in [-0.25, -0.2) is 14.2 Å². The summed E-state index contributed by atoms with van der Waals surface area (Å²) in [5.74, 6) is 0.271. The number of ether oxygens (including phenoxy) is 1. The van der Waals surface area contributed by atoms with Crippen molar-refractivity contribution in [2.24, 2.45) is 0 Å². The smallest absolute Gasteiger partial charge is 0.433 e. The van der Waals surface area contributed by atoms with Gasteiger partial charge in [-0.05, 0) is 41.7 Å². The van der Waals surface area contributed by atoms with Crippen LogP contribution in [0.15, 0.2) is 73.2 Å². The first-order valence-corrected chi connectivity index (χ1v) is 12.7. The van der Waals surface area contributed by atoms with Crippen LogP contribution in [0.4, 0.5) is 18.9 Å². The molecule has 0 saturated carbocycles. The maximum absolute atomic E-state index is 14.0. The molecule has 0 atom stereocenters. The number of aryl methyl sites for hydroxylation is 1. The first-order chi connectivity index (χ1) is 19.1. The van der Waals surface area contributed by atoms with Crippen molar-refractivity contribution in [1.29, 1.82) is 0 Å². The molecule has 0 aliphatic rings. The van der Waals surface area contributed by atoms with Gasteiger partial charge in [-0.3, -0.25) is 4.79 Å². The molecule has 0 bridgehead atoms. The lowest BCUT2D eigenvalue weighted by molar-refractivity contribution is -0.142. The van der Waals surface area contributed by atoms with Crippen molar-refractivity contribution in [2.75, 3.05) is 5.32 Å². The molecule has 5 rings (SSSR count). The lowest BCUT2D eigenvalue weighted by Gasteiger charge is -2.12. The van der Waals surface area contributed by atoms with Crippen molar-refractivity contribution in [3.8, 4) is 17.0 Å². The lowest BCUT2D eigenvalue weighted by atomic mass is 10.0. The predicted octanol–water partition coefficient (Wildman–Crippen LogP) is 6.59. The fourth-order valence-electron chi connectivity index (χ4n) is 4.17. The summed E-state index contributed by atoms with van der Waals surface area (Å²) in [6, 6.07) is 15.8. The Balaban J connectivity index is 1.38. The Bertz CT molecular complexity index is 1640. The van der Waals surface area contributed by atoms with E-state index in [9.17, 15) is 18.0 Å². The van der Waals surface area contributed by atoms with Gasteiger partial charge in [0.15, 0.2) is 18.1 Å². The summed E-state index contributed by atoms with van der Waals surface area (Å²) in [7, 11) is 0. The molecule has 0 aliphatic carbocycles. The van der Waals surface area contributed by atoms with Gasteiger partial charge in [-0.15, -0.1) is 0 Å². The molecule has 3 heterocycles. The molecule has 11 heteroatoms. The van der Waals surface area contributed by atoms with Gasteiger partial charge in [0.05, 0.1) is 30.0 Å². The summed E-state index contributed by atoms with van der Waals surface area (Å²) in [5.41, 5.74) is 1.81. The zero-order valence-corrected chi connectivity index (χ0v) is 22.1. The van der Waals surface area contributed by atoms with Crippen LogP contribution in [0.25, 0.3) is 16.9 Å². The van der Waals surface area contributed by atoms with E-state index < -0.39 is 17.8 Å². The molecule has 0 unspecified atom stereocenters. The Morgan fingerprint density at radius 1 is 1.02 bits per heavy atom. The topological polar surface area (TPSA) is 86.3 Å². The molecule has 40 heavy (non-hydrogen) atoms. The minimum absolute atomic E-state index is 0.0848. The summed E-state index contributed by atoms with van der Waals surface area (Å²) in [6.45, 7) is 6.23. The minimum atomic E-state index is -4.72. The Labute approximate surface area is 228 Å². The van der Waals surface area contributed by atoms with Gasteiger partial charge < -0.3 is 10.1 Å². The lowest BCUT2D eigenvalue weighted by Crippen LogP contribution is -2.15. The van der Waals surface area contributed by atoms with Crippen molar-refractivity contribution >= 4 is 17.2 Å². The molecule has 1 N–H and O–H groups in total. The molecule has 0 spiro atoms. The molecule has 0 saturated heterocycles. The van der Waals surface area contributed by atoms with Crippen molar-refractivity contribution in [1.82, 2.24) is 24.4 Å². The number of hydrogen-bond acceptors (Lipinski definition) is 5. The molecule has 1 amide bonds. The molecule has 5 aromatic rings. The number of anilines is 1. The van der Waals surface area contributed by atoms with Crippen LogP contribution in [-0.4, -0.2) is 30.3 Å². The maximum atomic E-state index is 14.0. The second-order valence-corrected chi connectivity index (χ2v) is 9.59. The highest BCUT2D eigenvalue weighted by molar-refractivity contribution is 6.08. The zero-order chi connectivity index (χ0) is 28.4. The highest BCUT2D eigenvalue weighted by Gasteiger charge is 2.36. The minimum Gasteiger partial charge on any atom is -0.471 e. The number of nitrogens with one attached hydrogen (secondary N) is 1. The normalized spacial score (nSPS) is 11.8. The second-order valence-electron chi connectivity index (χ2n) is 9.59. The van der Waals surface area contributed by atoms with Crippen molar-refractivity contribution < 1.29 is 22.7 Å². The summed E-state index contributed by atoms with van der Waals surface area (Å²) < 4.78 is 49.7. The molecule has 0 aliphatic heterocycles. The van der Waals surface area contributed by atoms with Crippen LogP contribution in [0.3, 0.4) is 0 Å². The van der Waals surface area contributed by atoms with E-state index in [2.05, 4.69) is 27.4 Å². The predicted molar refractivity (Wildman–Crippen MR) is 144 cm³/mol. The highest BCUT2D eigenvalue weighted by Crippen LogP contribution is 2.33. The van der Waals surface area contributed by atoms with E-state index in [1.807, 2.05) is 50.2 Å². The largest absolute Gasteiger partial charge is 0.471 e. The van der Waals surface area contributed by atoms with Crippen LogP contribution < -0.4 is 10.1 Å². The number of fused-ring (bicyclic) bond motifs is 1. The van der Waals surface area contributed by atoms with Gasteiger partial charge in [0, 0.05) is 5.56 Å². The van der Waals surface area contributed by atoms with Gasteiger partial charge in [0.1, 0.15) is 11.3 Å². The number of rotatable bonds is 8. The Morgan fingerprint density at radius 2 is 1.75 bits per heavy atom. The van der Waals surface area contributed by atoms with Crippen molar-refractivity contribution in [2.45, 2.75) is 46.0 Å². The van der Waals surface area contributed by atoms with Crippen LogP contribution >= 0.6 is 0 Å². The summed E-state index contributed by atoms with van der Waals surface area (Å²) in [5, 5.41) is 10.7. The molecular weight excluding hydrogens is 521 g/mol. The van der Waals surface area contributed by atoms with E-state index in [4.69, 9.17) is 4.74 Å². The first-order valence-electron chi connectivity index (χ1n) is 12.7. The molecule has 0 radical (unpaired) electrons. The average molecular weight is 549 g/mol. The fourth-order valence-corrected chi connectivity index (χ4v) is 4.17. The SMILES string of the molecule is CCc1ccc(OCn2cc(NC(=O)c3cnn4c(C(F)(F)F)cc(-c5ccc(C(C)C)cc5)nc34)cn2)cc1. The monoisotopic (exact) mass is 548 g/mol. The Morgan fingerprint density at radius 3 is 2.40 bits per heavy atom. The Hall–Kier alpha value is -4.67. The molecule has 0 fully saturated rings. The third kappa shape index (κ3) is 5.68. The molecule has 8 nitrogen and oxygen atoms in total. The number of carbonyl (C=O) groups is 1. The van der Waals surface area contributed by atoms with E-state index in [1.54, 1.807) is 18.3 Å². The third-order valence-corrected chi connectivity index (χ3v) is 6.47. The van der Waals surface area contributed by atoms with Crippen LogP contribution in [-0.2, 0) is 19.3 Å². The number of hydrogen-bond donors (Lipinski definition) is 1. The number of aromatic nitrogens is 5. The number of nitrogens with zero attached hydrogens (tertiary/aromatic N) is 5. The van der Waals surface area contributed by atoms with Crippen LogP contribution in [0.2, 0.25) is 0 Å². The van der Waals surface area contributed by atoms with Crippen LogP contribution in [0.5, 0.6) is 5.75 Å². The summed E-state index contributed by atoms with van der Waals surface area (Å²) in [4.78, 5) is 17.5. The number of carbonyl (C=O) groups excluding carboxylic acids is 1. The first kappa shape index (κ1) is 26.9. The molecule has 3 aromatic heterocycles. The average Bonchev–Trinajstić information content (AvgIpc) is 3.58. The van der Waals surface area contributed by atoms with E-state index in [0.29, 0.717) is 21.5 Å². The van der Waals surface area contributed by atoms with Gasteiger partial charge >= 0.3 is 6.18 Å². The van der Waals surface area contributed by atoms with Gasteiger partial charge in [0.2, 0.25) is 0 Å². The van der Waals surface area contributed by atoms with Gasteiger partial charge in [-0.2, -0.15) is 23.4 Å². The van der Waals surface area contributed by atoms with Crippen molar-refractivity contribution in [3.05, 3.63) is 95.6 Å². The summed E-state index contributed by atoms with van der Waals surface area (Å²) >= 11 is 0. The highest BCUT2D eigenvalue weighted by atomic mass is 19.4. The standard InChI is InChI=1S/C29H27F3N6O2/c1-4-19-5-11-23(12-6-19)40-17-37-16-22(14-33-37)35-28(39)24-15-34-38-26(29(30,31)32)13-25(36-27(24)38)21-9-7-20(8-10-21)18(2)3/h5-16,18H,4,17H2,1-3H3,(H,35,39). The van der Waals surface area contributed by atoms with Crippen molar-refractivity contribution in [3.63, 3.8) is 0 Å². The van der Waals surface area contributed by atoms with Crippen LogP contribution in [0.1, 0.15) is 53.9 Å². The van der Waals surface area contributed by atoms with E-state index in [0.717, 1.165) is 24.2 Å².